The highest BCUT2D eigenvalue weighted by atomic mass is 32.2. The normalized spacial score (nSPS) is 19.2. The van der Waals surface area contributed by atoms with Gasteiger partial charge in [-0.15, -0.1) is 11.3 Å². The fourth-order valence-electron chi connectivity index (χ4n) is 3.39. The first-order valence-electron chi connectivity index (χ1n) is 8.43. The van der Waals surface area contributed by atoms with Gasteiger partial charge in [0.15, 0.2) is 0 Å². The van der Waals surface area contributed by atoms with Gasteiger partial charge >= 0.3 is 0 Å². The van der Waals surface area contributed by atoms with E-state index in [0.717, 1.165) is 31.4 Å². The largest absolute Gasteiger partial charge is 0.495 e. The maximum Gasteiger partial charge on any atom is 0.267 e. The summed E-state index contributed by atoms with van der Waals surface area (Å²) in [4.78, 5) is 16.6. The third-order valence-corrected chi connectivity index (χ3v) is 7.95. The van der Waals surface area contributed by atoms with Crippen LogP contribution in [0.15, 0.2) is 0 Å². The van der Waals surface area contributed by atoms with Crippen molar-refractivity contribution in [1.29, 1.82) is 0 Å². The van der Waals surface area contributed by atoms with Crippen LogP contribution in [0.25, 0.3) is 0 Å². The SMILES string of the molecule is CCS(=O)(=O)N1CCN(C(=O)c2sc3c(c2OC)CCCC3)CC1. The first-order valence-corrected chi connectivity index (χ1v) is 10.9. The Morgan fingerprint density at radius 3 is 2.46 bits per heavy atom. The number of amides is 1. The number of fused-ring (bicyclic) bond motifs is 1. The number of piperazine rings is 1. The van der Waals surface area contributed by atoms with Crippen molar-refractivity contribution in [1.82, 2.24) is 9.21 Å². The van der Waals surface area contributed by atoms with E-state index in [1.807, 2.05) is 0 Å². The molecule has 3 rings (SSSR count). The van der Waals surface area contributed by atoms with Gasteiger partial charge in [-0.05, 0) is 32.6 Å². The Hall–Kier alpha value is -1.12. The molecule has 0 spiro atoms. The van der Waals surface area contributed by atoms with Crippen molar-refractivity contribution in [2.24, 2.45) is 0 Å². The predicted molar refractivity (Wildman–Crippen MR) is 94.5 cm³/mol. The summed E-state index contributed by atoms with van der Waals surface area (Å²) in [5, 5.41) is 0. The van der Waals surface area contributed by atoms with Crippen LogP contribution in [0.5, 0.6) is 5.75 Å². The Kier molecular flexibility index (Phi) is 5.17. The van der Waals surface area contributed by atoms with E-state index >= 15 is 0 Å². The van der Waals surface area contributed by atoms with E-state index in [-0.39, 0.29) is 11.7 Å². The lowest BCUT2D eigenvalue weighted by atomic mass is 9.98. The van der Waals surface area contributed by atoms with Crippen molar-refractivity contribution in [2.45, 2.75) is 32.6 Å². The molecule has 1 aliphatic carbocycles. The van der Waals surface area contributed by atoms with Gasteiger partial charge in [-0.2, -0.15) is 4.31 Å². The van der Waals surface area contributed by atoms with Gasteiger partial charge in [-0.1, -0.05) is 0 Å². The van der Waals surface area contributed by atoms with Crippen LogP contribution in [0.2, 0.25) is 0 Å². The van der Waals surface area contributed by atoms with Crippen molar-refractivity contribution in [3.8, 4) is 5.75 Å². The fourth-order valence-corrected chi connectivity index (χ4v) is 5.80. The molecule has 2 aliphatic rings. The van der Waals surface area contributed by atoms with Gasteiger partial charge in [0.1, 0.15) is 10.6 Å². The highest BCUT2D eigenvalue weighted by Gasteiger charge is 2.32. The summed E-state index contributed by atoms with van der Waals surface area (Å²) in [6, 6.07) is 0. The van der Waals surface area contributed by atoms with E-state index in [0.29, 0.717) is 31.1 Å². The molecule has 1 aromatic heterocycles. The third-order valence-electron chi connectivity index (χ3n) is 4.81. The zero-order valence-corrected chi connectivity index (χ0v) is 15.8. The van der Waals surface area contributed by atoms with E-state index in [4.69, 9.17) is 4.74 Å². The topological polar surface area (TPSA) is 66.9 Å². The summed E-state index contributed by atoms with van der Waals surface area (Å²) >= 11 is 1.55. The second-order valence-electron chi connectivity index (χ2n) is 6.17. The smallest absolute Gasteiger partial charge is 0.267 e. The summed E-state index contributed by atoms with van der Waals surface area (Å²) in [5.41, 5.74) is 1.20. The van der Waals surface area contributed by atoms with E-state index in [1.54, 1.807) is 30.3 Å². The van der Waals surface area contributed by atoms with Crippen molar-refractivity contribution >= 4 is 27.3 Å². The molecule has 0 radical (unpaired) electrons. The lowest BCUT2D eigenvalue weighted by Gasteiger charge is -2.33. The van der Waals surface area contributed by atoms with Gasteiger partial charge in [0.25, 0.3) is 5.91 Å². The van der Waals surface area contributed by atoms with Crippen LogP contribution in [-0.4, -0.2) is 62.6 Å². The number of sulfonamides is 1. The molecule has 0 atom stereocenters. The number of carbonyl (C=O) groups excluding carboxylic acids is 1. The lowest BCUT2D eigenvalue weighted by molar-refractivity contribution is 0.0699. The molecule has 1 amide bonds. The molecule has 1 saturated heterocycles. The van der Waals surface area contributed by atoms with Crippen molar-refractivity contribution < 1.29 is 17.9 Å². The minimum absolute atomic E-state index is 0.0280. The Balaban J connectivity index is 1.76. The van der Waals surface area contributed by atoms with E-state index in [2.05, 4.69) is 0 Å². The van der Waals surface area contributed by atoms with Crippen LogP contribution in [0.1, 0.15) is 39.9 Å². The summed E-state index contributed by atoms with van der Waals surface area (Å²) < 4.78 is 30.9. The molecule has 2 heterocycles. The van der Waals surface area contributed by atoms with Crippen LogP contribution in [0.4, 0.5) is 0 Å². The number of hydrogen-bond acceptors (Lipinski definition) is 5. The van der Waals surface area contributed by atoms with Crippen molar-refractivity contribution in [3.63, 3.8) is 0 Å². The number of ether oxygens (including phenoxy) is 1. The molecule has 0 saturated carbocycles. The van der Waals surface area contributed by atoms with Gasteiger partial charge < -0.3 is 9.64 Å². The number of rotatable bonds is 4. The third kappa shape index (κ3) is 3.19. The predicted octanol–water partition coefficient (Wildman–Crippen LogP) is 1.74. The first kappa shape index (κ1) is 17.7. The molecule has 8 heteroatoms. The van der Waals surface area contributed by atoms with Crippen LogP contribution < -0.4 is 4.74 Å². The second-order valence-corrected chi connectivity index (χ2v) is 9.53. The Bertz CT molecular complexity index is 719. The summed E-state index contributed by atoms with van der Waals surface area (Å²) in [7, 11) is -1.55. The Morgan fingerprint density at radius 2 is 1.83 bits per heavy atom. The highest BCUT2D eigenvalue weighted by Crippen LogP contribution is 2.40. The van der Waals surface area contributed by atoms with E-state index < -0.39 is 10.0 Å². The quantitative estimate of drug-likeness (QED) is 0.807. The van der Waals surface area contributed by atoms with Gasteiger partial charge in [0, 0.05) is 36.6 Å². The summed E-state index contributed by atoms with van der Waals surface area (Å²) in [5.74, 6) is 0.815. The molecule has 6 nitrogen and oxygen atoms in total. The van der Waals surface area contributed by atoms with Gasteiger partial charge in [-0.3, -0.25) is 4.79 Å². The Labute approximate surface area is 147 Å². The molecule has 0 N–H and O–H groups in total. The standard InChI is InChI=1S/C16H24N2O4S2/c1-3-24(20,21)18-10-8-17(9-11-18)16(19)15-14(22-2)12-6-4-5-7-13(12)23-15/h3-11H2,1-2H3. The molecule has 1 fully saturated rings. The number of methoxy groups -OCH3 is 1. The highest BCUT2D eigenvalue weighted by molar-refractivity contribution is 7.89. The van der Waals surface area contributed by atoms with Gasteiger partial charge in [-0.25, -0.2) is 8.42 Å². The zero-order chi connectivity index (χ0) is 17.3. The number of aryl methyl sites for hydroxylation is 1. The molecule has 1 aliphatic heterocycles. The average Bonchev–Trinajstić information content (AvgIpc) is 2.99. The molecule has 0 aromatic carbocycles. The zero-order valence-electron chi connectivity index (χ0n) is 14.2. The Morgan fingerprint density at radius 1 is 1.17 bits per heavy atom. The maximum absolute atomic E-state index is 12.9. The average molecular weight is 373 g/mol. The number of nitrogens with zero attached hydrogens (tertiary/aromatic N) is 2. The molecular weight excluding hydrogens is 348 g/mol. The van der Waals surface area contributed by atoms with Crippen molar-refractivity contribution in [2.75, 3.05) is 39.0 Å². The number of carbonyl (C=O) groups is 1. The molecule has 1 aromatic rings. The van der Waals surface area contributed by atoms with Gasteiger partial charge in [0.05, 0.1) is 12.9 Å². The number of hydrogen-bond donors (Lipinski definition) is 0. The molecule has 0 unspecified atom stereocenters. The van der Waals surface area contributed by atoms with E-state index in [9.17, 15) is 13.2 Å². The van der Waals surface area contributed by atoms with E-state index in [1.165, 1.54) is 14.7 Å². The molecular formula is C16H24N2O4S2. The minimum Gasteiger partial charge on any atom is -0.495 e. The molecule has 0 bridgehead atoms. The summed E-state index contributed by atoms with van der Waals surface area (Å²) in [6.07, 6.45) is 4.30. The molecule has 134 valence electrons. The van der Waals surface area contributed by atoms with Crippen LogP contribution >= 0.6 is 11.3 Å². The maximum atomic E-state index is 12.9. The number of thiophene rings is 1. The van der Waals surface area contributed by atoms with Gasteiger partial charge in [0.2, 0.25) is 10.0 Å². The fraction of sp³-hybridized carbons (Fsp3) is 0.688. The second kappa shape index (κ2) is 7.01. The molecule has 24 heavy (non-hydrogen) atoms. The monoisotopic (exact) mass is 372 g/mol. The lowest BCUT2D eigenvalue weighted by Crippen LogP contribution is -2.50. The summed E-state index contributed by atoms with van der Waals surface area (Å²) in [6.45, 7) is 3.26. The first-order chi connectivity index (χ1) is 11.5. The van der Waals surface area contributed by atoms with Crippen LogP contribution in [0, 0.1) is 0 Å². The van der Waals surface area contributed by atoms with Crippen LogP contribution in [0.3, 0.4) is 0 Å². The van der Waals surface area contributed by atoms with Crippen LogP contribution in [-0.2, 0) is 22.9 Å². The van der Waals surface area contributed by atoms with Crippen molar-refractivity contribution in [3.05, 3.63) is 15.3 Å². The minimum atomic E-state index is -3.18.